The van der Waals surface area contributed by atoms with Gasteiger partial charge in [0.05, 0.1) is 6.61 Å². The molecule has 0 aromatic heterocycles. The van der Waals surface area contributed by atoms with Gasteiger partial charge in [-0.15, -0.1) is 0 Å². The lowest BCUT2D eigenvalue weighted by Gasteiger charge is -2.40. The zero-order valence-electron chi connectivity index (χ0n) is 36.0. The van der Waals surface area contributed by atoms with Gasteiger partial charge in [0.15, 0.2) is 12.4 Å². The number of unbranched alkanes of at least 4 members (excludes halogenated alkanes) is 27. The van der Waals surface area contributed by atoms with Crippen LogP contribution in [0.25, 0.3) is 0 Å². The van der Waals surface area contributed by atoms with Gasteiger partial charge in [0.25, 0.3) is 10.1 Å². The van der Waals surface area contributed by atoms with Crippen LogP contribution in [0.3, 0.4) is 0 Å². The molecule has 0 bridgehead atoms. The van der Waals surface area contributed by atoms with E-state index in [1.807, 2.05) is 0 Å². The summed E-state index contributed by atoms with van der Waals surface area (Å²) in [7, 11) is -4.59. The summed E-state index contributed by atoms with van der Waals surface area (Å²) in [5, 5.41) is 30.9. The number of carbonyl (C=O) groups excluding carboxylic acids is 2. The van der Waals surface area contributed by atoms with E-state index in [-0.39, 0.29) is 19.4 Å². The van der Waals surface area contributed by atoms with E-state index < -0.39 is 71.2 Å². The Hall–Kier alpha value is -1.35. The van der Waals surface area contributed by atoms with E-state index in [2.05, 4.69) is 13.8 Å². The van der Waals surface area contributed by atoms with Crippen molar-refractivity contribution in [3.05, 3.63) is 0 Å². The van der Waals surface area contributed by atoms with Crippen LogP contribution < -0.4 is 0 Å². The molecular weight excluding hydrogens is 753 g/mol. The molecule has 0 aliphatic carbocycles. The smallest absolute Gasteiger partial charge is 0.306 e. The van der Waals surface area contributed by atoms with E-state index in [4.69, 9.17) is 18.9 Å². The van der Waals surface area contributed by atoms with Crippen molar-refractivity contribution < 1.29 is 56.8 Å². The molecule has 1 rings (SSSR count). The number of ether oxygens (including phenoxy) is 4. The highest BCUT2D eigenvalue weighted by Gasteiger charge is 2.46. The lowest BCUT2D eigenvalue weighted by atomic mass is 10.00. The first-order valence-corrected chi connectivity index (χ1v) is 24.7. The molecular formula is C44H84O12S. The average molecular weight is 837 g/mol. The fourth-order valence-electron chi connectivity index (χ4n) is 7.33. The van der Waals surface area contributed by atoms with Crippen LogP contribution in [0.1, 0.15) is 213 Å². The predicted molar refractivity (Wildman–Crippen MR) is 224 cm³/mol. The maximum atomic E-state index is 12.8. The number of aliphatic hydroxyl groups is 3. The summed E-state index contributed by atoms with van der Waals surface area (Å²) >= 11 is 0. The van der Waals surface area contributed by atoms with Crippen LogP contribution in [-0.2, 0) is 38.7 Å². The molecule has 0 radical (unpaired) electrons. The quantitative estimate of drug-likeness (QED) is 0.0262. The van der Waals surface area contributed by atoms with Crippen molar-refractivity contribution in [2.24, 2.45) is 0 Å². The van der Waals surface area contributed by atoms with E-state index in [0.29, 0.717) is 12.8 Å². The first kappa shape index (κ1) is 53.7. The highest BCUT2D eigenvalue weighted by Crippen LogP contribution is 2.24. The maximum absolute atomic E-state index is 12.8. The van der Waals surface area contributed by atoms with Crippen LogP contribution >= 0.6 is 0 Å². The van der Waals surface area contributed by atoms with Gasteiger partial charge in [-0.1, -0.05) is 187 Å². The fraction of sp³-hybridized carbons (Fsp3) is 0.955. The minimum absolute atomic E-state index is 0.172. The van der Waals surface area contributed by atoms with Gasteiger partial charge in [0.2, 0.25) is 0 Å². The van der Waals surface area contributed by atoms with Crippen LogP contribution in [0.15, 0.2) is 0 Å². The van der Waals surface area contributed by atoms with Gasteiger partial charge in [-0.2, -0.15) is 8.42 Å². The van der Waals surface area contributed by atoms with Crippen LogP contribution in [0.2, 0.25) is 0 Å². The molecule has 6 atom stereocenters. The number of carbonyl (C=O) groups is 2. The zero-order chi connectivity index (χ0) is 42.0. The van der Waals surface area contributed by atoms with Crippen molar-refractivity contribution in [2.75, 3.05) is 19.0 Å². The molecule has 0 amide bonds. The molecule has 338 valence electrons. The normalized spacial score (nSPS) is 20.4. The van der Waals surface area contributed by atoms with Gasteiger partial charge in [-0.25, -0.2) is 0 Å². The molecule has 1 aliphatic heterocycles. The van der Waals surface area contributed by atoms with Crippen LogP contribution in [0.5, 0.6) is 0 Å². The first-order valence-electron chi connectivity index (χ1n) is 23.1. The predicted octanol–water partition coefficient (Wildman–Crippen LogP) is 9.29. The molecule has 57 heavy (non-hydrogen) atoms. The van der Waals surface area contributed by atoms with Crippen molar-refractivity contribution in [3.63, 3.8) is 0 Å². The van der Waals surface area contributed by atoms with E-state index >= 15 is 0 Å². The third kappa shape index (κ3) is 30.4. The molecule has 13 heteroatoms. The Kier molecular flexibility index (Phi) is 33.3. The Morgan fingerprint density at radius 3 is 1.28 bits per heavy atom. The molecule has 1 fully saturated rings. The number of esters is 2. The number of rotatable bonds is 39. The summed E-state index contributed by atoms with van der Waals surface area (Å²) in [6, 6.07) is 0. The largest absolute Gasteiger partial charge is 0.462 e. The molecule has 0 saturated carbocycles. The Morgan fingerprint density at radius 2 is 0.895 bits per heavy atom. The van der Waals surface area contributed by atoms with Crippen LogP contribution in [0, 0.1) is 0 Å². The van der Waals surface area contributed by atoms with Crippen molar-refractivity contribution >= 4 is 22.1 Å². The summed E-state index contributed by atoms with van der Waals surface area (Å²) in [6.07, 6.45) is 25.8. The van der Waals surface area contributed by atoms with E-state index in [0.717, 1.165) is 38.5 Å². The minimum Gasteiger partial charge on any atom is -0.462 e. The highest BCUT2D eigenvalue weighted by atomic mass is 32.2. The summed E-state index contributed by atoms with van der Waals surface area (Å²) in [4.78, 5) is 25.4. The second-order valence-electron chi connectivity index (χ2n) is 16.4. The Bertz CT molecular complexity index is 1070. The van der Waals surface area contributed by atoms with Crippen LogP contribution in [-0.4, -0.2) is 96.0 Å². The van der Waals surface area contributed by atoms with Gasteiger partial charge in [0, 0.05) is 12.8 Å². The molecule has 1 saturated heterocycles. The molecule has 0 aromatic carbocycles. The average Bonchev–Trinajstić information content (AvgIpc) is 3.17. The van der Waals surface area contributed by atoms with Gasteiger partial charge in [-0.3, -0.25) is 14.1 Å². The van der Waals surface area contributed by atoms with Crippen molar-refractivity contribution in [3.8, 4) is 0 Å². The molecule has 1 aliphatic rings. The first-order chi connectivity index (χ1) is 27.5. The number of hydrogen-bond donors (Lipinski definition) is 4. The molecule has 0 spiro atoms. The second kappa shape index (κ2) is 35.4. The lowest BCUT2D eigenvalue weighted by Crippen LogP contribution is -2.60. The summed E-state index contributed by atoms with van der Waals surface area (Å²) in [5.41, 5.74) is 0. The third-order valence-electron chi connectivity index (χ3n) is 10.9. The van der Waals surface area contributed by atoms with E-state index in [1.54, 1.807) is 0 Å². The number of hydrogen-bond acceptors (Lipinski definition) is 11. The highest BCUT2D eigenvalue weighted by molar-refractivity contribution is 7.85. The van der Waals surface area contributed by atoms with Crippen molar-refractivity contribution in [2.45, 2.75) is 250 Å². The summed E-state index contributed by atoms with van der Waals surface area (Å²) in [5.74, 6) is -1.96. The van der Waals surface area contributed by atoms with Gasteiger partial charge in [0.1, 0.15) is 36.8 Å². The van der Waals surface area contributed by atoms with E-state index in [1.165, 1.54) is 135 Å². The summed E-state index contributed by atoms with van der Waals surface area (Å²) in [6.45, 7) is 3.77. The van der Waals surface area contributed by atoms with Gasteiger partial charge < -0.3 is 34.3 Å². The van der Waals surface area contributed by atoms with Gasteiger partial charge >= 0.3 is 11.9 Å². The Labute approximate surface area is 346 Å². The summed E-state index contributed by atoms with van der Waals surface area (Å²) < 4.78 is 54.0. The second-order valence-corrected chi connectivity index (χ2v) is 17.9. The topological polar surface area (TPSA) is 186 Å². The minimum atomic E-state index is -4.59. The SMILES string of the molecule is CCCCCCCCCCCCCCCCCCCCC(=O)O[C@H](COC(=O)CCCCCCCCCCCCC)CO[C@H]1O[C@H](CS(=O)(=O)O)[C@@H](O)C(O)C1O. The van der Waals surface area contributed by atoms with E-state index in [9.17, 15) is 37.9 Å². The number of aliphatic hydroxyl groups excluding tert-OH is 3. The van der Waals surface area contributed by atoms with Crippen molar-refractivity contribution in [1.29, 1.82) is 0 Å². The molecule has 4 N–H and O–H groups in total. The van der Waals surface area contributed by atoms with Gasteiger partial charge in [-0.05, 0) is 12.8 Å². The zero-order valence-corrected chi connectivity index (χ0v) is 36.8. The molecule has 1 heterocycles. The lowest BCUT2D eigenvalue weighted by molar-refractivity contribution is -0.297. The van der Waals surface area contributed by atoms with Crippen LogP contribution in [0.4, 0.5) is 0 Å². The Morgan fingerprint density at radius 1 is 0.526 bits per heavy atom. The monoisotopic (exact) mass is 837 g/mol. The molecule has 0 aromatic rings. The van der Waals surface area contributed by atoms with Crippen molar-refractivity contribution in [1.82, 2.24) is 0 Å². The molecule has 12 nitrogen and oxygen atoms in total. The standard InChI is InChI=1S/C44H84O12S/c1-3-5-7-9-11-13-15-16-17-18-19-20-21-23-25-27-29-31-33-40(46)55-37(34-53-39(45)32-30-28-26-24-22-14-12-10-8-6-4-2)35-54-44-43(49)42(48)41(47)38(56-44)36-57(50,51)52/h37-38,41-44,47-49H,3-36H2,1-2H3,(H,50,51,52)/t37-,38-,41-,42?,43?,44+/m1/s1. The Balaban J connectivity index is 2.40. The maximum Gasteiger partial charge on any atom is 0.306 e. The fourth-order valence-corrected chi connectivity index (χ4v) is 8.02. The molecule has 2 unspecified atom stereocenters. The third-order valence-corrected chi connectivity index (χ3v) is 11.7.